The SMILES string of the molecule is CCN(CC)CCOC(=O)c1ccc(S(N)(=O)=O)cc1. The molecule has 1 aromatic carbocycles. The maximum Gasteiger partial charge on any atom is 0.338 e. The summed E-state index contributed by atoms with van der Waals surface area (Å²) < 4.78 is 27.3. The van der Waals surface area contributed by atoms with Crippen LogP contribution in [0.4, 0.5) is 0 Å². The molecule has 6 nitrogen and oxygen atoms in total. The van der Waals surface area contributed by atoms with Crippen molar-refractivity contribution in [1.29, 1.82) is 0 Å². The van der Waals surface area contributed by atoms with Crippen molar-refractivity contribution < 1.29 is 17.9 Å². The summed E-state index contributed by atoms with van der Waals surface area (Å²) in [6.45, 7) is 6.86. The van der Waals surface area contributed by atoms with Gasteiger partial charge in [-0.25, -0.2) is 18.4 Å². The quantitative estimate of drug-likeness (QED) is 0.753. The van der Waals surface area contributed by atoms with E-state index in [1.807, 2.05) is 13.8 Å². The van der Waals surface area contributed by atoms with Crippen LogP contribution in [0.5, 0.6) is 0 Å². The molecular weight excluding hydrogens is 280 g/mol. The molecule has 0 saturated heterocycles. The van der Waals surface area contributed by atoms with E-state index in [4.69, 9.17) is 9.88 Å². The van der Waals surface area contributed by atoms with Crippen LogP contribution in [0.1, 0.15) is 24.2 Å². The summed E-state index contributed by atoms with van der Waals surface area (Å²) in [5.41, 5.74) is 0.303. The van der Waals surface area contributed by atoms with Crippen molar-refractivity contribution in [1.82, 2.24) is 4.90 Å². The second-order valence-corrected chi connectivity index (χ2v) is 5.79. The van der Waals surface area contributed by atoms with Gasteiger partial charge in [0.2, 0.25) is 10.0 Å². The topological polar surface area (TPSA) is 89.7 Å². The summed E-state index contributed by atoms with van der Waals surface area (Å²) in [5.74, 6) is -0.474. The molecule has 0 aliphatic carbocycles. The summed E-state index contributed by atoms with van der Waals surface area (Å²) in [5, 5.41) is 4.98. The summed E-state index contributed by atoms with van der Waals surface area (Å²) in [4.78, 5) is 13.8. The number of esters is 1. The molecule has 0 unspecified atom stereocenters. The van der Waals surface area contributed by atoms with Gasteiger partial charge in [-0.2, -0.15) is 0 Å². The van der Waals surface area contributed by atoms with Gasteiger partial charge in [0.25, 0.3) is 0 Å². The van der Waals surface area contributed by atoms with Crippen LogP contribution >= 0.6 is 0 Å². The first kappa shape index (κ1) is 16.6. The van der Waals surface area contributed by atoms with Gasteiger partial charge in [-0.1, -0.05) is 13.8 Å². The number of nitrogens with zero attached hydrogens (tertiary/aromatic N) is 1. The van der Waals surface area contributed by atoms with Crippen molar-refractivity contribution in [2.75, 3.05) is 26.2 Å². The minimum atomic E-state index is -3.74. The van der Waals surface area contributed by atoms with Gasteiger partial charge in [0.1, 0.15) is 6.61 Å². The molecule has 0 aliphatic heterocycles. The molecule has 2 N–H and O–H groups in total. The van der Waals surface area contributed by atoms with E-state index in [1.165, 1.54) is 24.3 Å². The van der Waals surface area contributed by atoms with Gasteiger partial charge in [-0.15, -0.1) is 0 Å². The molecule has 0 amide bonds. The molecule has 20 heavy (non-hydrogen) atoms. The normalized spacial score (nSPS) is 11.6. The first-order valence-corrected chi connectivity index (χ1v) is 7.95. The van der Waals surface area contributed by atoms with Crippen LogP contribution in [0.3, 0.4) is 0 Å². The second-order valence-electron chi connectivity index (χ2n) is 4.23. The average molecular weight is 300 g/mol. The van der Waals surface area contributed by atoms with Gasteiger partial charge < -0.3 is 9.64 Å². The number of nitrogens with two attached hydrogens (primary N) is 1. The number of ether oxygens (including phenoxy) is 1. The lowest BCUT2D eigenvalue weighted by atomic mass is 10.2. The Labute approximate surface area is 119 Å². The number of likely N-dealkylation sites (N-methyl/N-ethyl adjacent to an activating group) is 1. The van der Waals surface area contributed by atoms with Gasteiger partial charge in [0, 0.05) is 6.54 Å². The van der Waals surface area contributed by atoms with Crippen LogP contribution in [-0.4, -0.2) is 45.5 Å². The fourth-order valence-electron chi connectivity index (χ4n) is 1.67. The molecule has 0 heterocycles. The minimum absolute atomic E-state index is 0.0304. The van der Waals surface area contributed by atoms with E-state index in [-0.39, 0.29) is 4.90 Å². The lowest BCUT2D eigenvalue weighted by Gasteiger charge is -2.17. The van der Waals surface area contributed by atoms with Crippen molar-refractivity contribution >= 4 is 16.0 Å². The number of primary sulfonamides is 1. The molecule has 0 aliphatic rings. The van der Waals surface area contributed by atoms with Gasteiger partial charge in [0.15, 0.2) is 0 Å². The Bertz CT molecular complexity index is 536. The Morgan fingerprint density at radius 2 is 1.75 bits per heavy atom. The predicted octanol–water partition coefficient (Wildman–Crippen LogP) is 0.833. The number of rotatable bonds is 7. The zero-order valence-electron chi connectivity index (χ0n) is 11.7. The van der Waals surface area contributed by atoms with Gasteiger partial charge in [-0.3, -0.25) is 0 Å². The number of hydrogen-bond donors (Lipinski definition) is 1. The molecule has 0 fully saturated rings. The number of carbonyl (C=O) groups excluding carboxylic acids is 1. The molecule has 0 spiro atoms. The lowest BCUT2D eigenvalue weighted by molar-refractivity contribution is 0.0466. The average Bonchev–Trinajstić information content (AvgIpc) is 2.42. The van der Waals surface area contributed by atoms with Crippen molar-refractivity contribution in [3.8, 4) is 0 Å². The number of sulfonamides is 1. The van der Waals surface area contributed by atoms with Crippen LogP contribution in [-0.2, 0) is 14.8 Å². The van der Waals surface area contributed by atoms with Crippen LogP contribution < -0.4 is 5.14 Å². The standard InChI is InChI=1S/C13H20N2O4S/c1-3-15(4-2)9-10-19-13(16)11-5-7-12(8-6-11)20(14,17)18/h5-8H,3-4,9-10H2,1-2H3,(H2,14,17,18). The van der Waals surface area contributed by atoms with E-state index in [9.17, 15) is 13.2 Å². The second kappa shape index (κ2) is 7.37. The monoisotopic (exact) mass is 300 g/mol. The Hall–Kier alpha value is -1.44. The molecule has 1 rings (SSSR count). The molecule has 0 atom stereocenters. The van der Waals surface area contributed by atoms with Crippen LogP contribution in [0.25, 0.3) is 0 Å². The highest BCUT2D eigenvalue weighted by atomic mass is 32.2. The van der Waals surface area contributed by atoms with Crippen molar-refractivity contribution in [3.63, 3.8) is 0 Å². The number of hydrogen-bond acceptors (Lipinski definition) is 5. The summed E-state index contributed by atoms with van der Waals surface area (Å²) in [6.07, 6.45) is 0. The van der Waals surface area contributed by atoms with Gasteiger partial charge in [0.05, 0.1) is 10.5 Å². The van der Waals surface area contributed by atoms with Crippen LogP contribution in [0.15, 0.2) is 29.2 Å². The van der Waals surface area contributed by atoms with Gasteiger partial charge in [-0.05, 0) is 37.4 Å². The molecule has 0 radical (unpaired) electrons. The first-order chi connectivity index (χ1) is 9.38. The van der Waals surface area contributed by atoms with E-state index in [1.54, 1.807) is 0 Å². The van der Waals surface area contributed by atoms with E-state index >= 15 is 0 Å². The van der Waals surface area contributed by atoms with Crippen molar-refractivity contribution in [2.24, 2.45) is 5.14 Å². The Morgan fingerprint density at radius 3 is 2.20 bits per heavy atom. The largest absolute Gasteiger partial charge is 0.461 e. The van der Waals surface area contributed by atoms with Gasteiger partial charge >= 0.3 is 5.97 Å². The Morgan fingerprint density at radius 1 is 1.20 bits per heavy atom. The third-order valence-corrected chi connectivity index (χ3v) is 3.88. The summed E-state index contributed by atoms with van der Waals surface area (Å²) >= 11 is 0. The van der Waals surface area contributed by atoms with Crippen LogP contribution in [0.2, 0.25) is 0 Å². The van der Waals surface area contributed by atoms with E-state index in [0.717, 1.165) is 13.1 Å². The highest BCUT2D eigenvalue weighted by Crippen LogP contribution is 2.09. The molecule has 112 valence electrons. The smallest absolute Gasteiger partial charge is 0.338 e. The Kier molecular flexibility index (Phi) is 6.12. The highest BCUT2D eigenvalue weighted by molar-refractivity contribution is 7.89. The molecule has 1 aromatic rings. The number of benzene rings is 1. The van der Waals surface area contributed by atoms with Crippen molar-refractivity contribution in [2.45, 2.75) is 18.7 Å². The molecule has 0 saturated carbocycles. The fraction of sp³-hybridized carbons (Fsp3) is 0.462. The highest BCUT2D eigenvalue weighted by Gasteiger charge is 2.11. The summed E-state index contributed by atoms with van der Waals surface area (Å²) in [7, 11) is -3.74. The summed E-state index contributed by atoms with van der Waals surface area (Å²) in [6, 6.07) is 5.35. The molecule has 0 bridgehead atoms. The van der Waals surface area contributed by atoms with E-state index in [0.29, 0.717) is 18.7 Å². The maximum atomic E-state index is 11.7. The van der Waals surface area contributed by atoms with Crippen LogP contribution in [0, 0.1) is 0 Å². The molecule has 0 aromatic heterocycles. The first-order valence-electron chi connectivity index (χ1n) is 6.40. The van der Waals surface area contributed by atoms with E-state index in [2.05, 4.69) is 4.90 Å². The minimum Gasteiger partial charge on any atom is -0.461 e. The zero-order valence-corrected chi connectivity index (χ0v) is 12.5. The fourth-order valence-corrected chi connectivity index (χ4v) is 2.19. The molecular formula is C13H20N2O4S. The third-order valence-electron chi connectivity index (χ3n) is 2.95. The number of carbonyl (C=O) groups is 1. The zero-order chi connectivity index (χ0) is 15.2. The van der Waals surface area contributed by atoms with Crippen molar-refractivity contribution in [3.05, 3.63) is 29.8 Å². The van der Waals surface area contributed by atoms with E-state index < -0.39 is 16.0 Å². The Balaban J connectivity index is 2.56. The molecule has 7 heteroatoms. The third kappa shape index (κ3) is 4.92. The maximum absolute atomic E-state index is 11.7. The lowest BCUT2D eigenvalue weighted by Crippen LogP contribution is -2.27. The predicted molar refractivity (Wildman–Crippen MR) is 75.9 cm³/mol.